The molecule has 0 unspecified atom stereocenters. The molecule has 2 amide bonds. The fourth-order valence-corrected chi connectivity index (χ4v) is 2.96. The second-order valence-corrected chi connectivity index (χ2v) is 8.23. The summed E-state index contributed by atoms with van der Waals surface area (Å²) in [6, 6.07) is 11.5. The molecule has 0 bridgehead atoms. The SMILES string of the molecule is COc1ccc(CCNC(=O)c2cc(C(N)=O)cc(N(C)S(C)(=O)=O)c2)cc1. The number of sulfonamides is 1. The third kappa shape index (κ3) is 5.46. The van der Waals surface area contributed by atoms with E-state index in [4.69, 9.17) is 10.5 Å². The van der Waals surface area contributed by atoms with Crippen molar-refractivity contribution < 1.29 is 22.7 Å². The molecule has 0 aromatic heterocycles. The number of primary amides is 1. The monoisotopic (exact) mass is 405 g/mol. The summed E-state index contributed by atoms with van der Waals surface area (Å²) in [5.74, 6) is -0.436. The summed E-state index contributed by atoms with van der Waals surface area (Å²) in [5, 5.41) is 2.76. The van der Waals surface area contributed by atoms with Crippen molar-refractivity contribution in [2.45, 2.75) is 6.42 Å². The van der Waals surface area contributed by atoms with Gasteiger partial charge in [0, 0.05) is 24.7 Å². The molecule has 0 heterocycles. The van der Waals surface area contributed by atoms with Crippen molar-refractivity contribution >= 4 is 27.5 Å². The fourth-order valence-electron chi connectivity index (χ4n) is 2.47. The Morgan fingerprint density at radius 2 is 1.71 bits per heavy atom. The lowest BCUT2D eigenvalue weighted by Crippen LogP contribution is -2.28. The molecule has 0 aliphatic carbocycles. The molecule has 8 nitrogen and oxygen atoms in total. The summed E-state index contributed by atoms with van der Waals surface area (Å²) in [6.45, 7) is 0.364. The number of nitrogens with two attached hydrogens (primary N) is 1. The number of carbonyl (C=O) groups is 2. The van der Waals surface area contributed by atoms with Gasteiger partial charge in [0.1, 0.15) is 5.75 Å². The van der Waals surface area contributed by atoms with E-state index >= 15 is 0 Å². The van der Waals surface area contributed by atoms with Crippen molar-refractivity contribution in [3.8, 4) is 5.75 Å². The Bertz CT molecular complexity index is 972. The van der Waals surface area contributed by atoms with Gasteiger partial charge in [-0.25, -0.2) is 8.42 Å². The van der Waals surface area contributed by atoms with Crippen LogP contribution in [0.3, 0.4) is 0 Å². The van der Waals surface area contributed by atoms with Gasteiger partial charge in [-0.2, -0.15) is 0 Å². The standard InChI is InChI=1S/C19H23N3O5S/c1-22(28(3,25)26)16-11-14(18(20)23)10-15(12-16)19(24)21-9-8-13-4-6-17(27-2)7-5-13/h4-7,10-12H,8-9H2,1-3H3,(H2,20,23)(H,21,24). The highest BCUT2D eigenvalue weighted by Gasteiger charge is 2.17. The lowest BCUT2D eigenvalue weighted by atomic mass is 10.1. The Labute approximate surface area is 164 Å². The van der Waals surface area contributed by atoms with Gasteiger partial charge >= 0.3 is 0 Å². The summed E-state index contributed by atoms with van der Waals surface area (Å²) in [4.78, 5) is 24.0. The molecule has 0 radical (unpaired) electrons. The highest BCUT2D eigenvalue weighted by atomic mass is 32.2. The number of rotatable bonds is 8. The van der Waals surface area contributed by atoms with Gasteiger partial charge in [-0.3, -0.25) is 13.9 Å². The lowest BCUT2D eigenvalue weighted by molar-refractivity contribution is 0.0954. The zero-order chi connectivity index (χ0) is 20.9. The van der Waals surface area contributed by atoms with Crippen LogP contribution in [0.2, 0.25) is 0 Å². The molecule has 150 valence electrons. The predicted molar refractivity (Wildman–Crippen MR) is 107 cm³/mol. The number of carbonyl (C=O) groups excluding carboxylic acids is 2. The largest absolute Gasteiger partial charge is 0.497 e. The first kappa shape index (κ1) is 21.2. The summed E-state index contributed by atoms with van der Waals surface area (Å²) in [5.41, 5.74) is 6.71. The van der Waals surface area contributed by atoms with Crippen LogP contribution in [0.1, 0.15) is 26.3 Å². The molecule has 0 atom stereocenters. The molecule has 28 heavy (non-hydrogen) atoms. The highest BCUT2D eigenvalue weighted by molar-refractivity contribution is 7.92. The average molecular weight is 405 g/mol. The van der Waals surface area contributed by atoms with Gasteiger partial charge in [0.2, 0.25) is 15.9 Å². The van der Waals surface area contributed by atoms with Crippen LogP contribution in [0.25, 0.3) is 0 Å². The lowest BCUT2D eigenvalue weighted by Gasteiger charge is -2.18. The van der Waals surface area contributed by atoms with Gasteiger partial charge in [-0.15, -0.1) is 0 Å². The van der Waals surface area contributed by atoms with E-state index in [1.165, 1.54) is 25.2 Å². The van der Waals surface area contributed by atoms with E-state index in [0.29, 0.717) is 13.0 Å². The second-order valence-electron chi connectivity index (χ2n) is 6.22. The second kappa shape index (κ2) is 8.75. The van der Waals surface area contributed by atoms with Crippen molar-refractivity contribution in [3.05, 3.63) is 59.2 Å². The number of hydrogen-bond donors (Lipinski definition) is 2. The van der Waals surface area contributed by atoms with Gasteiger partial charge in [0.15, 0.2) is 0 Å². The number of nitrogens with one attached hydrogen (secondary N) is 1. The molecule has 0 spiro atoms. The number of anilines is 1. The molecule has 0 saturated heterocycles. The molecule has 2 aromatic carbocycles. The Balaban J connectivity index is 2.14. The Morgan fingerprint density at radius 3 is 2.25 bits per heavy atom. The number of hydrogen-bond acceptors (Lipinski definition) is 5. The van der Waals surface area contributed by atoms with E-state index in [1.807, 2.05) is 24.3 Å². The van der Waals surface area contributed by atoms with Crippen LogP contribution in [0, 0.1) is 0 Å². The summed E-state index contributed by atoms with van der Waals surface area (Å²) in [6.07, 6.45) is 1.62. The van der Waals surface area contributed by atoms with Gasteiger partial charge in [-0.1, -0.05) is 12.1 Å². The summed E-state index contributed by atoms with van der Waals surface area (Å²) < 4.78 is 29.6. The van der Waals surface area contributed by atoms with Crippen molar-refractivity contribution in [3.63, 3.8) is 0 Å². The first-order valence-electron chi connectivity index (χ1n) is 8.41. The van der Waals surface area contributed by atoms with Gasteiger partial charge in [-0.05, 0) is 42.3 Å². The minimum absolute atomic E-state index is 0.0494. The normalized spacial score (nSPS) is 11.0. The minimum atomic E-state index is -3.56. The zero-order valence-electron chi connectivity index (χ0n) is 15.9. The quantitative estimate of drug-likeness (QED) is 0.683. The van der Waals surface area contributed by atoms with E-state index in [2.05, 4.69) is 5.32 Å². The van der Waals surface area contributed by atoms with Crippen LogP contribution in [-0.4, -0.2) is 47.2 Å². The molecular weight excluding hydrogens is 382 g/mol. The zero-order valence-corrected chi connectivity index (χ0v) is 16.7. The van der Waals surface area contributed by atoms with E-state index in [-0.39, 0.29) is 16.8 Å². The maximum Gasteiger partial charge on any atom is 0.251 e. The van der Waals surface area contributed by atoms with Crippen LogP contribution < -0.4 is 20.1 Å². The number of ether oxygens (including phenoxy) is 1. The van der Waals surface area contributed by atoms with Crippen LogP contribution in [-0.2, 0) is 16.4 Å². The molecule has 0 aliphatic heterocycles. The number of amides is 2. The topological polar surface area (TPSA) is 119 Å². The van der Waals surface area contributed by atoms with Crippen LogP contribution >= 0.6 is 0 Å². The minimum Gasteiger partial charge on any atom is -0.497 e. The highest BCUT2D eigenvalue weighted by Crippen LogP contribution is 2.20. The van der Waals surface area contributed by atoms with Crippen molar-refractivity contribution in [2.24, 2.45) is 5.73 Å². The molecule has 9 heteroatoms. The number of benzene rings is 2. The molecule has 2 aromatic rings. The first-order chi connectivity index (χ1) is 13.1. The van der Waals surface area contributed by atoms with E-state index in [0.717, 1.165) is 21.9 Å². The molecule has 0 aliphatic rings. The van der Waals surface area contributed by atoms with Crippen molar-refractivity contribution in [2.75, 3.05) is 31.3 Å². The maximum absolute atomic E-state index is 12.5. The Hall–Kier alpha value is -3.07. The van der Waals surface area contributed by atoms with Gasteiger partial charge in [0.05, 0.1) is 19.1 Å². The molecule has 2 rings (SSSR count). The molecule has 0 saturated carbocycles. The van der Waals surface area contributed by atoms with E-state index in [1.54, 1.807) is 7.11 Å². The smallest absolute Gasteiger partial charge is 0.251 e. The Kier molecular flexibility index (Phi) is 6.63. The maximum atomic E-state index is 12.5. The molecular formula is C19H23N3O5S. The summed E-state index contributed by atoms with van der Waals surface area (Å²) in [7, 11) is -0.638. The fraction of sp³-hybridized carbons (Fsp3) is 0.263. The van der Waals surface area contributed by atoms with Crippen LogP contribution in [0.4, 0.5) is 5.69 Å². The first-order valence-corrected chi connectivity index (χ1v) is 10.3. The number of methoxy groups -OCH3 is 1. The van der Waals surface area contributed by atoms with E-state index < -0.39 is 21.8 Å². The third-order valence-electron chi connectivity index (χ3n) is 4.18. The third-order valence-corrected chi connectivity index (χ3v) is 5.39. The molecule has 3 N–H and O–H groups in total. The van der Waals surface area contributed by atoms with Gasteiger partial charge in [0.25, 0.3) is 5.91 Å². The molecule has 0 fully saturated rings. The average Bonchev–Trinajstić information content (AvgIpc) is 2.66. The summed E-state index contributed by atoms with van der Waals surface area (Å²) >= 11 is 0. The van der Waals surface area contributed by atoms with Crippen LogP contribution in [0.5, 0.6) is 5.75 Å². The van der Waals surface area contributed by atoms with Crippen LogP contribution in [0.15, 0.2) is 42.5 Å². The van der Waals surface area contributed by atoms with E-state index in [9.17, 15) is 18.0 Å². The van der Waals surface area contributed by atoms with Crippen molar-refractivity contribution in [1.29, 1.82) is 0 Å². The predicted octanol–water partition coefficient (Wildman–Crippen LogP) is 1.16. The number of nitrogens with zero attached hydrogens (tertiary/aromatic N) is 1. The van der Waals surface area contributed by atoms with Gasteiger partial charge < -0.3 is 15.8 Å². The Morgan fingerprint density at radius 1 is 1.11 bits per heavy atom. The van der Waals surface area contributed by atoms with Crippen molar-refractivity contribution in [1.82, 2.24) is 5.32 Å².